The molecule has 0 heterocycles. The quantitative estimate of drug-likeness (QED) is 0.638. The zero-order valence-corrected chi connectivity index (χ0v) is 15.0. The van der Waals surface area contributed by atoms with Crippen LogP contribution in [0, 0.1) is 20.8 Å². The summed E-state index contributed by atoms with van der Waals surface area (Å²) in [7, 11) is 0. The zero-order chi connectivity index (χ0) is 18.4. The summed E-state index contributed by atoms with van der Waals surface area (Å²) in [4.78, 5) is 23.4. The van der Waals surface area contributed by atoms with Crippen molar-refractivity contribution >= 4 is 17.6 Å². The van der Waals surface area contributed by atoms with Crippen molar-refractivity contribution in [2.75, 3.05) is 11.9 Å². The molecule has 2 rings (SSSR count). The minimum atomic E-state index is -0.322. The van der Waals surface area contributed by atoms with Crippen molar-refractivity contribution in [3.63, 3.8) is 0 Å². The van der Waals surface area contributed by atoms with Gasteiger partial charge in [0.25, 0.3) is 5.91 Å². The second-order valence-electron chi connectivity index (χ2n) is 5.89. The molecule has 5 nitrogen and oxygen atoms in total. The molecule has 0 saturated heterocycles. The molecule has 0 bridgehead atoms. The number of carbonyl (C=O) groups is 2. The second kappa shape index (κ2) is 8.33. The number of rotatable bonds is 6. The molecule has 0 saturated carbocycles. The lowest BCUT2D eigenvalue weighted by atomic mass is 10.1. The lowest BCUT2D eigenvalue weighted by Crippen LogP contribution is -2.20. The molecule has 25 heavy (non-hydrogen) atoms. The molecule has 0 unspecified atom stereocenters. The van der Waals surface area contributed by atoms with Gasteiger partial charge in [0, 0.05) is 18.2 Å². The molecule has 2 aromatic carbocycles. The van der Waals surface area contributed by atoms with Crippen molar-refractivity contribution in [1.29, 1.82) is 0 Å². The van der Waals surface area contributed by atoms with E-state index < -0.39 is 0 Å². The van der Waals surface area contributed by atoms with Gasteiger partial charge < -0.3 is 14.8 Å². The number of nitrogens with one attached hydrogen (secondary N) is 1. The van der Waals surface area contributed by atoms with Gasteiger partial charge in [0.2, 0.25) is 0 Å². The van der Waals surface area contributed by atoms with E-state index in [2.05, 4.69) is 5.32 Å². The van der Waals surface area contributed by atoms with Crippen LogP contribution in [0.25, 0.3) is 0 Å². The third kappa shape index (κ3) is 5.35. The van der Waals surface area contributed by atoms with Crippen LogP contribution >= 0.6 is 0 Å². The van der Waals surface area contributed by atoms with Crippen molar-refractivity contribution < 1.29 is 19.1 Å². The van der Waals surface area contributed by atoms with Gasteiger partial charge in [-0.3, -0.25) is 9.59 Å². The first-order chi connectivity index (χ1) is 11.9. The number of carbonyl (C=O) groups excluding carboxylic acids is 2. The second-order valence-corrected chi connectivity index (χ2v) is 5.89. The van der Waals surface area contributed by atoms with Gasteiger partial charge in [-0.15, -0.1) is 0 Å². The molecular formula is C20H23NO4. The molecule has 0 aromatic heterocycles. The summed E-state index contributed by atoms with van der Waals surface area (Å²) >= 11 is 0. The largest absolute Gasteiger partial charge is 0.483 e. The maximum absolute atomic E-state index is 12.1. The van der Waals surface area contributed by atoms with Gasteiger partial charge in [0.15, 0.2) is 6.61 Å². The number of amides is 1. The SMILES string of the molecule is CCC(=O)Oc1cccc(NC(=O)COc2cc(C)c(C)cc2C)c1. The molecule has 5 heteroatoms. The van der Waals surface area contributed by atoms with Gasteiger partial charge in [-0.05, 0) is 55.7 Å². The number of ether oxygens (including phenoxy) is 2. The highest BCUT2D eigenvalue weighted by Crippen LogP contribution is 2.22. The summed E-state index contributed by atoms with van der Waals surface area (Å²) in [6.07, 6.45) is 0.291. The Morgan fingerprint density at radius 2 is 1.72 bits per heavy atom. The highest BCUT2D eigenvalue weighted by atomic mass is 16.5. The van der Waals surface area contributed by atoms with Crippen LogP contribution in [0.5, 0.6) is 11.5 Å². The number of hydrogen-bond acceptors (Lipinski definition) is 4. The third-order valence-electron chi connectivity index (χ3n) is 3.79. The van der Waals surface area contributed by atoms with Crippen LogP contribution in [0.1, 0.15) is 30.0 Å². The molecule has 0 fully saturated rings. The Balaban J connectivity index is 1.95. The van der Waals surface area contributed by atoms with Gasteiger partial charge in [-0.2, -0.15) is 0 Å². The predicted octanol–water partition coefficient (Wildman–Crippen LogP) is 3.94. The minimum Gasteiger partial charge on any atom is -0.483 e. The Kier molecular flexibility index (Phi) is 6.17. The smallest absolute Gasteiger partial charge is 0.310 e. The van der Waals surface area contributed by atoms with Gasteiger partial charge in [0.05, 0.1) is 0 Å². The van der Waals surface area contributed by atoms with E-state index in [-0.39, 0.29) is 18.5 Å². The molecule has 2 aromatic rings. The Morgan fingerprint density at radius 1 is 1.00 bits per heavy atom. The maximum Gasteiger partial charge on any atom is 0.310 e. The zero-order valence-electron chi connectivity index (χ0n) is 15.0. The lowest BCUT2D eigenvalue weighted by molar-refractivity contribution is -0.134. The summed E-state index contributed by atoms with van der Waals surface area (Å²) in [5, 5.41) is 2.73. The van der Waals surface area contributed by atoms with Crippen molar-refractivity contribution in [2.45, 2.75) is 34.1 Å². The molecule has 0 aliphatic carbocycles. The molecule has 0 aliphatic heterocycles. The van der Waals surface area contributed by atoms with E-state index in [4.69, 9.17) is 9.47 Å². The first-order valence-corrected chi connectivity index (χ1v) is 8.20. The molecule has 1 N–H and O–H groups in total. The minimum absolute atomic E-state index is 0.0949. The number of esters is 1. The summed E-state index contributed by atoms with van der Waals surface area (Å²) < 4.78 is 10.8. The van der Waals surface area contributed by atoms with Crippen molar-refractivity contribution in [3.05, 3.63) is 53.1 Å². The van der Waals surface area contributed by atoms with Crippen LogP contribution < -0.4 is 14.8 Å². The van der Waals surface area contributed by atoms with Crippen LogP contribution in [0.15, 0.2) is 36.4 Å². The molecule has 132 valence electrons. The predicted molar refractivity (Wildman–Crippen MR) is 97.1 cm³/mol. The van der Waals surface area contributed by atoms with Gasteiger partial charge in [-0.1, -0.05) is 19.1 Å². The average Bonchev–Trinajstić information content (AvgIpc) is 2.57. The average molecular weight is 341 g/mol. The monoisotopic (exact) mass is 341 g/mol. The molecular weight excluding hydrogens is 318 g/mol. The maximum atomic E-state index is 12.1. The molecule has 0 atom stereocenters. The van der Waals surface area contributed by atoms with E-state index in [1.807, 2.05) is 32.9 Å². The topological polar surface area (TPSA) is 64.6 Å². The van der Waals surface area contributed by atoms with Gasteiger partial charge in [-0.25, -0.2) is 0 Å². The molecule has 1 amide bonds. The van der Waals surface area contributed by atoms with Crippen molar-refractivity contribution in [2.24, 2.45) is 0 Å². The van der Waals surface area contributed by atoms with Crippen LogP contribution in [-0.4, -0.2) is 18.5 Å². The Bertz CT molecular complexity index is 783. The molecule has 0 aliphatic rings. The van der Waals surface area contributed by atoms with Crippen LogP contribution in [0.3, 0.4) is 0 Å². The summed E-state index contributed by atoms with van der Waals surface area (Å²) in [5.41, 5.74) is 3.84. The van der Waals surface area contributed by atoms with E-state index in [0.29, 0.717) is 23.6 Å². The van der Waals surface area contributed by atoms with Gasteiger partial charge in [0.1, 0.15) is 11.5 Å². The number of hydrogen-bond donors (Lipinski definition) is 1. The lowest BCUT2D eigenvalue weighted by Gasteiger charge is -2.12. The third-order valence-corrected chi connectivity index (χ3v) is 3.79. The molecule has 0 radical (unpaired) electrons. The van der Waals surface area contributed by atoms with E-state index in [1.165, 1.54) is 5.56 Å². The summed E-state index contributed by atoms with van der Waals surface area (Å²) in [6, 6.07) is 10.7. The van der Waals surface area contributed by atoms with Crippen LogP contribution in [0.4, 0.5) is 5.69 Å². The fraction of sp³-hybridized carbons (Fsp3) is 0.300. The van der Waals surface area contributed by atoms with Crippen LogP contribution in [-0.2, 0) is 9.59 Å². The number of anilines is 1. The van der Waals surface area contributed by atoms with E-state index in [1.54, 1.807) is 31.2 Å². The fourth-order valence-electron chi connectivity index (χ4n) is 2.27. The van der Waals surface area contributed by atoms with Crippen molar-refractivity contribution in [1.82, 2.24) is 0 Å². The Hall–Kier alpha value is -2.82. The fourth-order valence-corrected chi connectivity index (χ4v) is 2.27. The van der Waals surface area contributed by atoms with E-state index >= 15 is 0 Å². The van der Waals surface area contributed by atoms with E-state index in [0.717, 1.165) is 11.1 Å². The number of benzene rings is 2. The first-order valence-electron chi connectivity index (χ1n) is 8.20. The first kappa shape index (κ1) is 18.5. The summed E-state index contributed by atoms with van der Waals surface area (Å²) in [5.74, 6) is 0.494. The highest BCUT2D eigenvalue weighted by Gasteiger charge is 2.08. The Labute approximate surface area is 148 Å². The van der Waals surface area contributed by atoms with E-state index in [9.17, 15) is 9.59 Å². The van der Waals surface area contributed by atoms with Gasteiger partial charge >= 0.3 is 5.97 Å². The number of aryl methyl sites for hydroxylation is 3. The highest BCUT2D eigenvalue weighted by molar-refractivity contribution is 5.92. The summed E-state index contributed by atoms with van der Waals surface area (Å²) in [6.45, 7) is 7.62. The Morgan fingerprint density at radius 3 is 2.44 bits per heavy atom. The van der Waals surface area contributed by atoms with Crippen LogP contribution in [0.2, 0.25) is 0 Å². The normalized spacial score (nSPS) is 10.2. The molecule has 0 spiro atoms. The van der Waals surface area contributed by atoms with Crippen molar-refractivity contribution in [3.8, 4) is 11.5 Å². The standard InChI is InChI=1S/C20H23NO4/c1-5-20(23)25-17-8-6-7-16(11-17)21-19(22)12-24-18-10-14(3)13(2)9-15(18)4/h6-11H,5,12H2,1-4H3,(H,21,22).